The van der Waals surface area contributed by atoms with E-state index in [1.54, 1.807) is 11.8 Å². The van der Waals surface area contributed by atoms with Crippen molar-refractivity contribution < 1.29 is 19.5 Å². The molecule has 0 saturated carbocycles. The van der Waals surface area contributed by atoms with Crippen LogP contribution in [-0.4, -0.2) is 41.0 Å². The molecule has 122 valence electrons. The third kappa shape index (κ3) is 9.87. The topological polar surface area (TPSA) is 86.7 Å². The Kier molecular flexibility index (Phi) is 10.3. The fraction of sp³-hybridized carbons (Fsp3) is 0.800. The standard InChI is InChI=1S/C15H28N2O4/c1-4-6-8-17(9-7-5-2)15(21)16-13(18)10-12(3)11-14(19)20/h12H,4-11H2,1-3H3,(H,19,20)(H,16,18,21). The highest BCUT2D eigenvalue weighted by Gasteiger charge is 2.18. The van der Waals surface area contributed by atoms with Crippen molar-refractivity contribution >= 4 is 17.9 Å². The lowest BCUT2D eigenvalue weighted by Crippen LogP contribution is -2.44. The van der Waals surface area contributed by atoms with Crippen LogP contribution in [0.5, 0.6) is 0 Å². The summed E-state index contributed by atoms with van der Waals surface area (Å²) in [6.45, 7) is 7.06. The molecule has 0 aliphatic rings. The van der Waals surface area contributed by atoms with Crippen molar-refractivity contribution in [3.8, 4) is 0 Å². The maximum Gasteiger partial charge on any atom is 0.324 e. The molecule has 0 rings (SSSR count). The van der Waals surface area contributed by atoms with Crippen molar-refractivity contribution in [2.75, 3.05) is 13.1 Å². The lowest BCUT2D eigenvalue weighted by molar-refractivity contribution is -0.138. The number of hydrogen-bond acceptors (Lipinski definition) is 3. The Balaban J connectivity index is 4.31. The lowest BCUT2D eigenvalue weighted by Gasteiger charge is -2.22. The van der Waals surface area contributed by atoms with E-state index in [-0.39, 0.29) is 24.8 Å². The summed E-state index contributed by atoms with van der Waals surface area (Å²) >= 11 is 0. The first-order chi connectivity index (χ1) is 9.90. The van der Waals surface area contributed by atoms with Crippen molar-refractivity contribution in [1.82, 2.24) is 10.2 Å². The second-order valence-electron chi connectivity index (χ2n) is 5.45. The lowest BCUT2D eigenvalue weighted by atomic mass is 10.0. The van der Waals surface area contributed by atoms with Crippen LogP contribution in [0.1, 0.15) is 59.3 Å². The number of carboxylic acid groups (broad SMARTS) is 1. The number of carbonyl (C=O) groups excluding carboxylic acids is 2. The van der Waals surface area contributed by atoms with Gasteiger partial charge in [0.2, 0.25) is 5.91 Å². The number of carbonyl (C=O) groups is 3. The fourth-order valence-electron chi connectivity index (χ4n) is 1.95. The molecule has 0 bridgehead atoms. The molecule has 0 spiro atoms. The number of nitrogens with zero attached hydrogens (tertiary/aromatic N) is 1. The van der Waals surface area contributed by atoms with Gasteiger partial charge in [0.15, 0.2) is 0 Å². The number of unbranched alkanes of at least 4 members (excludes halogenated alkanes) is 2. The Bertz CT molecular complexity index is 337. The molecule has 0 heterocycles. The highest BCUT2D eigenvalue weighted by Crippen LogP contribution is 2.07. The Labute approximate surface area is 126 Å². The summed E-state index contributed by atoms with van der Waals surface area (Å²) in [6, 6.07) is -0.371. The number of carboxylic acids is 1. The summed E-state index contributed by atoms with van der Waals surface area (Å²) in [5.41, 5.74) is 0. The largest absolute Gasteiger partial charge is 0.481 e. The minimum Gasteiger partial charge on any atom is -0.481 e. The quantitative estimate of drug-likeness (QED) is 0.649. The second kappa shape index (κ2) is 11.1. The van der Waals surface area contributed by atoms with Gasteiger partial charge in [0.1, 0.15) is 0 Å². The third-order valence-electron chi connectivity index (χ3n) is 3.15. The maximum absolute atomic E-state index is 12.0. The van der Waals surface area contributed by atoms with E-state index in [1.807, 2.05) is 0 Å². The smallest absolute Gasteiger partial charge is 0.324 e. The van der Waals surface area contributed by atoms with E-state index in [2.05, 4.69) is 19.2 Å². The average Bonchev–Trinajstić information content (AvgIpc) is 2.37. The van der Waals surface area contributed by atoms with Crippen LogP contribution in [0.4, 0.5) is 4.79 Å². The van der Waals surface area contributed by atoms with Crippen LogP contribution < -0.4 is 5.32 Å². The first-order valence-electron chi connectivity index (χ1n) is 7.71. The molecule has 0 aromatic rings. The minimum absolute atomic E-state index is 0.0490. The van der Waals surface area contributed by atoms with Gasteiger partial charge in [0, 0.05) is 25.9 Å². The van der Waals surface area contributed by atoms with Gasteiger partial charge < -0.3 is 10.0 Å². The zero-order valence-electron chi connectivity index (χ0n) is 13.4. The average molecular weight is 300 g/mol. The molecule has 0 aromatic carbocycles. The summed E-state index contributed by atoms with van der Waals surface area (Å²) in [7, 11) is 0. The van der Waals surface area contributed by atoms with Gasteiger partial charge in [-0.25, -0.2) is 4.79 Å². The van der Waals surface area contributed by atoms with E-state index in [0.29, 0.717) is 13.1 Å². The molecular weight excluding hydrogens is 272 g/mol. The second-order valence-corrected chi connectivity index (χ2v) is 5.45. The van der Waals surface area contributed by atoms with Gasteiger partial charge in [-0.3, -0.25) is 14.9 Å². The van der Waals surface area contributed by atoms with Crippen LogP contribution in [-0.2, 0) is 9.59 Å². The molecule has 0 fully saturated rings. The van der Waals surface area contributed by atoms with Crippen LogP contribution in [0.15, 0.2) is 0 Å². The van der Waals surface area contributed by atoms with E-state index in [9.17, 15) is 14.4 Å². The SMILES string of the molecule is CCCCN(CCCC)C(=O)NC(=O)CC(C)CC(=O)O. The molecule has 0 saturated heterocycles. The highest BCUT2D eigenvalue weighted by molar-refractivity contribution is 5.94. The van der Waals surface area contributed by atoms with E-state index in [1.165, 1.54) is 0 Å². The number of rotatable bonds is 10. The molecule has 0 aromatic heterocycles. The molecular formula is C15H28N2O4. The Morgan fingerprint density at radius 1 is 1.05 bits per heavy atom. The van der Waals surface area contributed by atoms with Gasteiger partial charge in [-0.05, 0) is 18.8 Å². The van der Waals surface area contributed by atoms with Crippen molar-refractivity contribution in [3.05, 3.63) is 0 Å². The van der Waals surface area contributed by atoms with E-state index < -0.39 is 11.9 Å². The van der Waals surface area contributed by atoms with Crippen molar-refractivity contribution in [3.63, 3.8) is 0 Å². The molecule has 2 N–H and O–H groups in total. The van der Waals surface area contributed by atoms with Crippen LogP contribution in [0.25, 0.3) is 0 Å². The fourth-order valence-corrected chi connectivity index (χ4v) is 1.95. The van der Waals surface area contributed by atoms with Gasteiger partial charge in [0.25, 0.3) is 0 Å². The van der Waals surface area contributed by atoms with E-state index in [0.717, 1.165) is 25.7 Å². The molecule has 6 heteroatoms. The van der Waals surface area contributed by atoms with E-state index >= 15 is 0 Å². The van der Waals surface area contributed by atoms with Crippen molar-refractivity contribution in [2.24, 2.45) is 5.92 Å². The zero-order valence-corrected chi connectivity index (χ0v) is 13.4. The monoisotopic (exact) mass is 300 g/mol. The molecule has 21 heavy (non-hydrogen) atoms. The summed E-state index contributed by atoms with van der Waals surface area (Å²) in [6.07, 6.45) is 3.75. The first-order valence-corrected chi connectivity index (χ1v) is 7.71. The van der Waals surface area contributed by atoms with Crippen molar-refractivity contribution in [2.45, 2.75) is 59.3 Å². The third-order valence-corrected chi connectivity index (χ3v) is 3.15. The normalized spacial score (nSPS) is 11.8. The van der Waals surface area contributed by atoms with Crippen LogP contribution in [0, 0.1) is 5.92 Å². The van der Waals surface area contributed by atoms with Gasteiger partial charge in [-0.15, -0.1) is 0 Å². The number of aliphatic carboxylic acids is 1. The number of hydrogen-bond donors (Lipinski definition) is 2. The molecule has 1 unspecified atom stereocenters. The van der Waals surface area contributed by atoms with Crippen LogP contribution in [0.3, 0.4) is 0 Å². The minimum atomic E-state index is -0.936. The molecule has 0 aliphatic heterocycles. The molecule has 0 aliphatic carbocycles. The Hall–Kier alpha value is -1.59. The van der Waals surface area contributed by atoms with Crippen LogP contribution >= 0.6 is 0 Å². The van der Waals surface area contributed by atoms with Gasteiger partial charge in [-0.1, -0.05) is 33.6 Å². The predicted octanol–water partition coefficient (Wildman–Crippen LogP) is 2.63. The number of urea groups is 1. The highest BCUT2D eigenvalue weighted by atomic mass is 16.4. The predicted molar refractivity (Wildman–Crippen MR) is 81.0 cm³/mol. The molecule has 1 atom stereocenters. The van der Waals surface area contributed by atoms with E-state index in [4.69, 9.17) is 5.11 Å². The first kappa shape index (κ1) is 19.4. The zero-order chi connectivity index (χ0) is 16.3. The molecule has 3 amide bonds. The van der Waals surface area contributed by atoms with Crippen molar-refractivity contribution in [1.29, 1.82) is 0 Å². The summed E-state index contributed by atoms with van der Waals surface area (Å²) < 4.78 is 0. The number of nitrogens with one attached hydrogen (secondary N) is 1. The summed E-state index contributed by atoms with van der Waals surface area (Å²) in [5.74, 6) is -1.63. The summed E-state index contributed by atoms with van der Waals surface area (Å²) in [5, 5.41) is 11.0. The number of amides is 3. The Morgan fingerprint density at radius 2 is 1.57 bits per heavy atom. The summed E-state index contributed by atoms with van der Waals surface area (Å²) in [4.78, 5) is 36.0. The number of imide groups is 1. The maximum atomic E-state index is 12.0. The van der Waals surface area contributed by atoms with Gasteiger partial charge >= 0.3 is 12.0 Å². The van der Waals surface area contributed by atoms with Crippen LogP contribution in [0.2, 0.25) is 0 Å². The van der Waals surface area contributed by atoms with Gasteiger partial charge in [0.05, 0.1) is 0 Å². The molecule has 0 radical (unpaired) electrons. The van der Waals surface area contributed by atoms with Gasteiger partial charge in [-0.2, -0.15) is 0 Å². The Morgan fingerprint density at radius 3 is 2.00 bits per heavy atom. The molecule has 6 nitrogen and oxygen atoms in total.